The molecule has 0 spiro atoms. The van der Waals surface area contributed by atoms with Crippen molar-refractivity contribution in [1.29, 1.82) is 0 Å². The smallest absolute Gasteiger partial charge is 0.0633 e. The van der Waals surface area contributed by atoms with Gasteiger partial charge in [-0.15, -0.1) is 0 Å². The van der Waals surface area contributed by atoms with Crippen molar-refractivity contribution in [3.63, 3.8) is 0 Å². The Hall–Kier alpha value is -4.82. The van der Waals surface area contributed by atoms with Crippen molar-refractivity contribution in [2.24, 2.45) is 0 Å². The van der Waals surface area contributed by atoms with Gasteiger partial charge in [0.25, 0.3) is 0 Å². The van der Waals surface area contributed by atoms with Gasteiger partial charge >= 0.3 is 0 Å². The number of hydrogen-bond donors (Lipinski definition) is 0. The van der Waals surface area contributed by atoms with Gasteiger partial charge in [0.05, 0.1) is 22.8 Å². The standard InChI is InChI=1S/C38H28N2/c1-3-15-27-25(11-1)13-9-21-33(27)39-35-19-7-5-17-29(35)31-24-38-32(23-37(31)39)30-18-6-8-20-36(30)40(38)34-22-10-14-26-12-2-4-16-28(26)34/h1-3,5-15,17-18,20-24,35H,4,16,19H2. The summed E-state index contributed by atoms with van der Waals surface area (Å²) in [5, 5.41) is 5.21. The first-order chi connectivity index (χ1) is 19.9. The zero-order valence-electron chi connectivity index (χ0n) is 22.2. The molecule has 6 aromatic rings. The molecule has 9 rings (SSSR count). The first kappa shape index (κ1) is 22.0. The largest absolute Gasteiger partial charge is 0.332 e. The van der Waals surface area contributed by atoms with E-state index >= 15 is 0 Å². The zero-order chi connectivity index (χ0) is 26.2. The van der Waals surface area contributed by atoms with Gasteiger partial charge in [0.15, 0.2) is 0 Å². The molecule has 5 aromatic carbocycles. The van der Waals surface area contributed by atoms with E-state index in [1.807, 2.05) is 0 Å². The van der Waals surface area contributed by atoms with Crippen molar-refractivity contribution in [3.05, 3.63) is 138 Å². The molecular formula is C38H28N2. The molecule has 2 heteroatoms. The molecular weight excluding hydrogens is 484 g/mol. The minimum absolute atomic E-state index is 0.298. The van der Waals surface area contributed by atoms with Gasteiger partial charge in [0.2, 0.25) is 0 Å². The van der Waals surface area contributed by atoms with Crippen LogP contribution in [-0.2, 0) is 6.42 Å². The van der Waals surface area contributed by atoms with E-state index in [1.54, 1.807) is 0 Å². The van der Waals surface area contributed by atoms with Crippen LogP contribution in [0.2, 0.25) is 0 Å². The van der Waals surface area contributed by atoms with Gasteiger partial charge in [-0.2, -0.15) is 0 Å². The van der Waals surface area contributed by atoms with Crippen LogP contribution in [0.5, 0.6) is 0 Å². The lowest BCUT2D eigenvalue weighted by Gasteiger charge is -2.29. The molecule has 40 heavy (non-hydrogen) atoms. The number of nitrogens with zero attached hydrogens (tertiary/aromatic N) is 2. The van der Waals surface area contributed by atoms with Crippen molar-refractivity contribution in [3.8, 4) is 5.69 Å². The maximum atomic E-state index is 2.60. The number of fused-ring (bicyclic) bond motifs is 8. The quantitative estimate of drug-likeness (QED) is 0.224. The Morgan fingerprint density at radius 1 is 0.650 bits per heavy atom. The third-order valence-corrected chi connectivity index (χ3v) is 9.12. The molecule has 0 fully saturated rings. The van der Waals surface area contributed by atoms with Gasteiger partial charge in [0.1, 0.15) is 0 Å². The molecule has 2 heterocycles. The van der Waals surface area contributed by atoms with Crippen LogP contribution in [0.3, 0.4) is 0 Å². The summed E-state index contributed by atoms with van der Waals surface area (Å²) in [6.07, 6.45) is 14.7. The normalized spacial score (nSPS) is 17.4. The average molecular weight is 513 g/mol. The second-order valence-electron chi connectivity index (χ2n) is 11.2. The Labute approximate surface area is 233 Å². The van der Waals surface area contributed by atoms with E-state index in [2.05, 4.69) is 137 Å². The maximum absolute atomic E-state index is 2.60. The lowest BCUT2D eigenvalue weighted by molar-refractivity contribution is 0.832. The molecule has 0 N–H and O–H groups in total. The fourth-order valence-electron chi connectivity index (χ4n) is 7.38. The van der Waals surface area contributed by atoms with Crippen LogP contribution in [-0.4, -0.2) is 10.6 Å². The van der Waals surface area contributed by atoms with Crippen LogP contribution in [0.4, 0.5) is 11.4 Å². The molecule has 0 saturated carbocycles. The van der Waals surface area contributed by atoms with E-state index in [0.29, 0.717) is 6.04 Å². The molecule has 1 atom stereocenters. The van der Waals surface area contributed by atoms with Crippen LogP contribution in [0.15, 0.2) is 121 Å². The monoisotopic (exact) mass is 512 g/mol. The molecule has 1 aliphatic heterocycles. The van der Waals surface area contributed by atoms with Crippen molar-refractivity contribution in [2.45, 2.75) is 25.3 Å². The summed E-state index contributed by atoms with van der Waals surface area (Å²) >= 11 is 0. The summed E-state index contributed by atoms with van der Waals surface area (Å²) < 4.78 is 2.53. The number of para-hydroxylation sites is 1. The first-order valence-corrected chi connectivity index (χ1v) is 14.4. The predicted octanol–water partition coefficient (Wildman–Crippen LogP) is 9.76. The van der Waals surface area contributed by atoms with Gasteiger partial charge in [-0.3, -0.25) is 0 Å². The minimum atomic E-state index is 0.298. The van der Waals surface area contributed by atoms with Gasteiger partial charge < -0.3 is 9.47 Å². The maximum Gasteiger partial charge on any atom is 0.0633 e. The van der Waals surface area contributed by atoms with Crippen molar-refractivity contribution in [1.82, 2.24) is 4.57 Å². The topological polar surface area (TPSA) is 8.17 Å². The third kappa shape index (κ3) is 2.99. The number of hydrogen-bond acceptors (Lipinski definition) is 1. The summed E-state index contributed by atoms with van der Waals surface area (Å²) in [6, 6.07) is 36.5. The summed E-state index contributed by atoms with van der Waals surface area (Å²) in [5.74, 6) is 0. The van der Waals surface area contributed by atoms with Gasteiger partial charge in [0, 0.05) is 33.1 Å². The third-order valence-electron chi connectivity index (χ3n) is 9.12. The minimum Gasteiger partial charge on any atom is -0.332 e. The number of rotatable bonds is 2. The molecule has 0 bridgehead atoms. The molecule has 2 nitrogen and oxygen atoms in total. The fraction of sp³-hybridized carbons (Fsp3) is 0.105. The van der Waals surface area contributed by atoms with Crippen LogP contribution < -0.4 is 4.90 Å². The Bertz CT molecular complexity index is 2100. The lowest BCUT2D eigenvalue weighted by atomic mass is 9.94. The molecule has 1 unspecified atom stereocenters. The summed E-state index contributed by atoms with van der Waals surface area (Å²) in [7, 11) is 0. The van der Waals surface area contributed by atoms with Crippen LogP contribution in [0.1, 0.15) is 29.5 Å². The number of benzene rings is 5. The molecule has 3 aliphatic rings. The van der Waals surface area contributed by atoms with E-state index in [0.717, 1.165) is 19.3 Å². The average Bonchev–Trinajstić information content (AvgIpc) is 3.51. The zero-order valence-corrected chi connectivity index (χ0v) is 22.2. The molecule has 1 aromatic heterocycles. The summed E-state index contributed by atoms with van der Waals surface area (Å²) in [5.41, 5.74) is 12.0. The van der Waals surface area contributed by atoms with Crippen molar-refractivity contribution >= 4 is 55.6 Å². The Kier molecular flexibility index (Phi) is 4.59. The highest BCUT2D eigenvalue weighted by atomic mass is 15.2. The highest BCUT2D eigenvalue weighted by Gasteiger charge is 2.36. The van der Waals surface area contributed by atoms with Gasteiger partial charge in [-0.25, -0.2) is 0 Å². The van der Waals surface area contributed by atoms with E-state index in [4.69, 9.17) is 0 Å². The van der Waals surface area contributed by atoms with Crippen LogP contribution in [0.25, 0.3) is 49.9 Å². The van der Waals surface area contributed by atoms with E-state index in [-0.39, 0.29) is 0 Å². The summed E-state index contributed by atoms with van der Waals surface area (Å²) in [6.45, 7) is 0. The van der Waals surface area contributed by atoms with Gasteiger partial charge in [-0.1, -0.05) is 97.1 Å². The van der Waals surface area contributed by atoms with E-state index < -0.39 is 0 Å². The van der Waals surface area contributed by atoms with E-state index in [1.165, 1.54) is 71.9 Å². The lowest BCUT2D eigenvalue weighted by Crippen LogP contribution is -2.27. The molecule has 2 aliphatic carbocycles. The second-order valence-corrected chi connectivity index (χ2v) is 11.2. The van der Waals surface area contributed by atoms with Gasteiger partial charge in [-0.05, 0) is 71.7 Å². The fourth-order valence-corrected chi connectivity index (χ4v) is 7.38. The Balaban J connectivity index is 1.37. The van der Waals surface area contributed by atoms with Crippen LogP contribution in [0, 0.1) is 0 Å². The number of aromatic nitrogens is 1. The highest BCUT2D eigenvalue weighted by Crippen LogP contribution is 2.51. The second kappa shape index (κ2) is 8.34. The number of anilines is 2. The first-order valence-electron chi connectivity index (χ1n) is 14.4. The van der Waals surface area contributed by atoms with E-state index in [9.17, 15) is 0 Å². The summed E-state index contributed by atoms with van der Waals surface area (Å²) in [4.78, 5) is 2.60. The van der Waals surface area contributed by atoms with Crippen molar-refractivity contribution < 1.29 is 0 Å². The predicted molar refractivity (Wildman–Crippen MR) is 170 cm³/mol. The molecule has 0 amide bonds. The Morgan fingerprint density at radius 2 is 1.48 bits per heavy atom. The van der Waals surface area contributed by atoms with Crippen molar-refractivity contribution in [2.75, 3.05) is 4.90 Å². The number of allylic oxidation sites excluding steroid dienone is 3. The molecule has 190 valence electrons. The van der Waals surface area contributed by atoms with Crippen LogP contribution >= 0.6 is 0 Å². The molecule has 0 radical (unpaired) electrons. The SMILES string of the molecule is C1=CCC2C(=C1)c1cc3c(cc1N2c1cccc2ccccc12)c1ccccc1n3-c1cccc2c1CCC=C2. The highest BCUT2D eigenvalue weighted by molar-refractivity contribution is 6.14. The Morgan fingerprint density at radius 3 is 2.45 bits per heavy atom. The molecule has 0 saturated heterocycles.